The molecule has 1 heterocycles. The smallest absolute Gasteiger partial charge is 0.194 e. The molecule has 0 amide bonds. The van der Waals surface area contributed by atoms with Crippen LogP contribution in [-0.4, -0.2) is 29.5 Å². The van der Waals surface area contributed by atoms with Crippen molar-refractivity contribution in [2.45, 2.75) is 17.7 Å². The number of nitrogens with zero attached hydrogens (tertiary/aromatic N) is 1. The average molecular weight is 365 g/mol. The summed E-state index contributed by atoms with van der Waals surface area (Å²) in [6.45, 7) is 2.04. The Balaban J connectivity index is 1.82. The summed E-state index contributed by atoms with van der Waals surface area (Å²) < 4.78 is 42.0. The number of phenols is 1. The van der Waals surface area contributed by atoms with Crippen molar-refractivity contribution in [3.05, 3.63) is 42.2 Å². The van der Waals surface area contributed by atoms with Crippen LogP contribution in [0.25, 0.3) is 0 Å². The van der Waals surface area contributed by atoms with Crippen LogP contribution in [0.5, 0.6) is 11.5 Å². The van der Waals surface area contributed by atoms with Gasteiger partial charge in [-0.2, -0.15) is 0 Å². The molecule has 1 unspecified atom stereocenters. The molecule has 1 saturated heterocycles. The van der Waals surface area contributed by atoms with Crippen LogP contribution in [0.4, 0.5) is 15.8 Å². The third-order valence-electron chi connectivity index (χ3n) is 4.15. The zero-order chi connectivity index (χ0) is 18.0. The topological polar surface area (TPSA) is 85.7 Å². The van der Waals surface area contributed by atoms with Gasteiger partial charge in [-0.3, -0.25) is 4.72 Å². The zero-order valence-electron chi connectivity index (χ0n) is 13.8. The van der Waals surface area contributed by atoms with Gasteiger partial charge in [-0.1, -0.05) is 0 Å². The van der Waals surface area contributed by atoms with Gasteiger partial charge in [-0.25, -0.2) is 13.4 Å². The maximum absolute atomic E-state index is 13.7. The van der Waals surface area contributed by atoms with Crippen molar-refractivity contribution >= 4 is 21.3 Å². The lowest BCUT2D eigenvalue weighted by molar-refractivity contribution is 0.355. The van der Waals surface area contributed by atoms with Crippen LogP contribution < -0.4 is 14.4 Å². The quantitative estimate of drug-likeness (QED) is 0.756. The van der Waals surface area contributed by atoms with Crippen molar-refractivity contribution in [1.82, 2.24) is 0 Å². The minimum absolute atomic E-state index is 0.108. The second-order valence-electron chi connectivity index (χ2n) is 5.86. The number of methoxy groups -OCH3 is 1. The molecule has 0 aromatic heterocycles. The van der Waals surface area contributed by atoms with Crippen molar-refractivity contribution in [2.24, 2.45) is 0 Å². The molecule has 134 valence electrons. The Labute approximate surface area is 146 Å². The number of aromatic hydroxyl groups is 1. The number of ether oxygens (including phenoxy) is 1. The van der Waals surface area contributed by atoms with E-state index in [2.05, 4.69) is 9.62 Å². The summed E-state index contributed by atoms with van der Waals surface area (Å²) in [6.07, 6.45) is 2.35. The van der Waals surface area contributed by atoms with Crippen molar-refractivity contribution < 1.29 is 18.4 Å². The Bertz CT molecular complexity index is 863. The minimum atomic E-state index is -3.51. The first-order chi connectivity index (χ1) is 11.9. The standard InChI is InChI=1S/C17H20FN3O3S/c1-24-16-11-14(10-15(18)17(16)22)25(19,23)20-12-4-6-13(7-5-12)21-8-2-3-9-21/h4-7,10-11,22H,2-3,8-9H2,1H3,(H2,19,20,23). The van der Waals surface area contributed by atoms with Crippen molar-refractivity contribution in [3.63, 3.8) is 0 Å². The number of rotatable bonds is 5. The van der Waals surface area contributed by atoms with Crippen molar-refractivity contribution in [3.8, 4) is 11.5 Å². The number of nitrogens with one attached hydrogen (secondary N) is 2. The van der Waals surface area contributed by atoms with Crippen LogP contribution in [0.2, 0.25) is 0 Å². The Morgan fingerprint density at radius 1 is 1.24 bits per heavy atom. The van der Waals surface area contributed by atoms with Gasteiger partial charge < -0.3 is 14.7 Å². The molecule has 6 nitrogen and oxygen atoms in total. The zero-order valence-corrected chi connectivity index (χ0v) is 14.6. The second-order valence-corrected chi connectivity index (χ2v) is 7.64. The van der Waals surface area contributed by atoms with Crippen LogP contribution >= 0.6 is 0 Å². The second kappa shape index (κ2) is 6.79. The first kappa shape index (κ1) is 17.3. The molecule has 1 aliphatic rings. The van der Waals surface area contributed by atoms with E-state index in [1.165, 1.54) is 26.0 Å². The molecule has 1 fully saturated rings. The number of hydrogen-bond acceptors (Lipinski definition) is 5. The molecule has 2 aromatic carbocycles. The molecule has 25 heavy (non-hydrogen) atoms. The van der Waals surface area contributed by atoms with Gasteiger partial charge in [0.15, 0.2) is 27.2 Å². The number of phenolic OH excluding ortho intramolecular Hbond substituents is 1. The van der Waals surface area contributed by atoms with Crippen LogP contribution in [-0.2, 0) is 9.92 Å². The molecule has 0 spiro atoms. The van der Waals surface area contributed by atoms with Gasteiger partial charge in [0.05, 0.1) is 12.0 Å². The molecule has 0 radical (unpaired) electrons. The van der Waals surface area contributed by atoms with E-state index in [0.29, 0.717) is 5.69 Å². The van der Waals surface area contributed by atoms with Crippen LogP contribution in [0, 0.1) is 10.6 Å². The van der Waals surface area contributed by atoms with E-state index in [1.54, 1.807) is 12.1 Å². The summed E-state index contributed by atoms with van der Waals surface area (Å²) in [7, 11) is -2.25. The number of benzene rings is 2. The maximum Gasteiger partial charge on any atom is 0.194 e. The monoisotopic (exact) mass is 365 g/mol. The van der Waals surface area contributed by atoms with E-state index in [9.17, 15) is 13.7 Å². The van der Waals surface area contributed by atoms with Crippen molar-refractivity contribution in [2.75, 3.05) is 29.8 Å². The average Bonchev–Trinajstić information content (AvgIpc) is 3.12. The summed E-state index contributed by atoms with van der Waals surface area (Å²) in [5.74, 6) is -1.82. The van der Waals surface area contributed by atoms with E-state index in [4.69, 9.17) is 9.52 Å². The summed E-state index contributed by atoms with van der Waals surface area (Å²) in [5.41, 5.74) is 1.58. The van der Waals surface area contributed by atoms with Gasteiger partial charge in [0, 0.05) is 30.5 Å². The van der Waals surface area contributed by atoms with Crippen LogP contribution in [0.1, 0.15) is 12.8 Å². The van der Waals surface area contributed by atoms with Gasteiger partial charge in [0.25, 0.3) is 0 Å². The first-order valence-electron chi connectivity index (χ1n) is 7.89. The summed E-state index contributed by atoms with van der Waals surface area (Å²) in [4.78, 5) is 2.16. The molecule has 3 N–H and O–H groups in total. The van der Waals surface area contributed by atoms with Gasteiger partial charge >= 0.3 is 0 Å². The molecule has 1 atom stereocenters. The fourth-order valence-electron chi connectivity index (χ4n) is 2.81. The van der Waals surface area contributed by atoms with E-state index < -0.39 is 21.5 Å². The number of halogens is 1. The first-order valence-corrected chi connectivity index (χ1v) is 9.44. The normalized spacial score (nSPS) is 16.5. The third-order valence-corrected chi connectivity index (χ3v) is 5.58. The molecule has 1 aliphatic heterocycles. The lowest BCUT2D eigenvalue weighted by Crippen LogP contribution is -2.17. The fourth-order valence-corrected chi connectivity index (χ4v) is 3.94. The highest BCUT2D eigenvalue weighted by Gasteiger charge is 2.18. The van der Waals surface area contributed by atoms with Gasteiger partial charge in [0.1, 0.15) is 0 Å². The molecular formula is C17H20FN3O3S. The van der Waals surface area contributed by atoms with Crippen LogP contribution in [0.3, 0.4) is 0 Å². The fraction of sp³-hybridized carbons (Fsp3) is 0.294. The molecule has 3 rings (SSSR count). The Kier molecular flexibility index (Phi) is 4.71. The lowest BCUT2D eigenvalue weighted by Gasteiger charge is -2.18. The highest BCUT2D eigenvalue weighted by atomic mass is 32.2. The van der Waals surface area contributed by atoms with Crippen molar-refractivity contribution in [1.29, 1.82) is 4.78 Å². The molecule has 0 bridgehead atoms. The number of hydrogen-bond donors (Lipinski definition) is 3. The summed E-state index contributed by atoms with van der Waals surface area (Å²) >= 11 is 0. The molecule has 0 saturated carbocycles. The summed E-state index contributed by atoms with van der Waals surface area (Å²) in [5, 5.41) is 9.53. The molecule has 8 heteroatoms. The van der Waals surface area contributed by atoms with Gasteiger partial charge in [-0.15, -0.1) is 0 Å². The lowest BCUT2D eigenvalue weighted by atomic mass is 10.2. The Morgan fingerprint density at radius 2 is 1.88 bits per heavy atom. The van der Waals surface area contributed by atoms with E-state index in [-0.39, 0.29) is 10.6 Å². The maximum atomic E-state index is 13.7. The molecular weight excluding hydrogens is 345 g/mol. The minimum Gasteiger partial charge on any atom is -0.502 e. The van der Waals surface area contributed by atoms with E-state index in [0.717, 1.165) is 24.8 Å². The predicted octanol–water partition coefficient (Wildman–Crippen LogP) is 3.57. The predicted molar refractivity (Wildman–Crippen MR) is 95.3 cm³/mol. The van der Waals surface area contributed by atoms with E-state index >= 15 is 0 Å². The summed E-state index contributed by atoms with van der Waals surface area (Å²) in [6, 6.07) is 9.37. The van der Waals surface area contributed by atoms with Crippen LogP contribution in [0.15, 0.2) is 41.3 Å². The Morgan fingerprint density at radius 3 is 2.48 bits per heavy atom. The van der Waals surface area contributed by atoms with Gasteiger partial charge in [0.2, 0.25) is 0 Å². The third kappa shape index (κ3) is 3.63. The molecule has 0 aliphatic carbocycles. The number of anilines is 2. The Hall–Kier alpha value is -2.48. The SMILES string of the molecule is COc1cc(S(=N)(=O)Nc2ccc(N3CCCC3)cc2)cc(F)c1O. The van der Waals surface area contributed by atoms with E-state index in [1.807, 2.05) is 12.1 Å². The highest BCUT2D eigenvalue weighted by molar-refractivity contribution is 7.93. The highest BCUT2D eigenvalue weighted by Crippen LogP contribution is 2.33. The largest absolute Gasteiger partial charge is 0.502 e. The molecule has 2 aromatic rings. The van der Waals surface area contributed by atoms with Gasteiger partial charge in [-0.05, 0) is 43.2 Å².